The van der Waals surface area contributed by atoms with E-state index in [1.165, 1.54) is 59.5 Å². The largest absolute Gasteiger partial charge is 0.309 e. The van der Waals surface area contributed by atoms with Crippen LogP contribution < -0.4 is 10.4 Å². The zero-order chi connectivity index (χ0) is 35.3. The van der Waals surface area contributed by atoms with Gasteiger partial charge in [-0.15, -0.1) is 0 Å². The van der Waals surface area contributed by atoms with E-state index in [0.717, 1.165) is 39.7 Å². The molecule has 4 nitrogen and oxygen atoms in total. The molecule has 1 aliphatic heterocycles. The van der Waals surface area contributed by atoms with Crippen molar-refractivity contribution in [1.82, 2.24) is 19.1 Å². The average molecular weight is 695 g/mol. The van der Waals surface area contributed by atoms with E-state index < -0.39 is 8.07 Å². The number of hydrogen-bond acceptors (Lipinski definition) is 2. The zero-order valence-corrected chi connectivity index (χ0v) is 30.5. The van der Waals surface area contributed by atoms with Gasteiger partial charge in [0.1, 0.15) is 8.07 Å². The molecule has 1 aliphatic rings. The fraction of sp³-hybridized carbons (Fsp3) is 0.0417. The van der Waals surface area contributed by atoms with Gasteiger partial charge in [0, 0.05) is 44.0 Å². The highest BCUT2D eigenvalue weighted by molar-refractivity contribution is 7.04. The van der Waals surface area contributed by atoms with Crippen LogP contribution in [-0.2, 0) is 0 Å². The van der Waals surface area contributed by atoms with Crippen LogP contribution in [0.1, 0.15) is 0 Å². The van der Waals surface area contributed by atoms with E-state index in [4.69, 9.17) is 9.97 Å². The number of rotatable bonds is 4. The summed E-state index contributed by atoms with van der Waals surface area (Å²) in [6.45, 7) is 4.89. The smallest absolute Gasteiger partial charge is 0.160 e. The van der Waals surface area contributed by atoms with Gasteiger partial charge in [-0.05, 0) is 64.5 Å². The first-order valence-corrected chi connectivity index (χ1v) is 21.3. The highest BCUT2D eigenvalue weighted by Gasteiger charge is 2.41. The van der Waals surface area contributed by atoms with E-state index in [2.05, 4.69) is 186 Å². The van der Waals surface area contributed by atoms with Crippen LogP contribution in [-0.4, -0.2) is 27.2 Å². The van der Waals surface area contributed by atoms with Gasteiger partial charge in [-0.3, -0.25) is 0 Å². The Morgan fingerprint density at radius 2 is 0.943 bits per heavy atom. The van der Waals surface area contributed by atoms with E-state index in [1.54, 1.807) is 0 Å². The third kappa shape index (κ3) is 4.35. The summed E-state index contributed by atoms with van der Waals surface area (Å²) < 4.78 is 4.85. The van der Waals surface area contributed by atoms with E-state index >= 15 is 0 Å². The second kappa shape index (κ2) is 11.2. The molecule has 0 amide bonds. The van der Waals surface area contributed by atoms with Gasteiger partial charge >= 0.3 is 0 Å². The van der Waals surface area contributed by atoms with E-state index in [-0.39, 0.29) is 0 Å². The molecule has 0 saturated carbocycles. The normalized spacial score (nSPS) is 13.2. The molecule has 0 fully saturated rings. The first-order valence-electron chi connectivity index (χ1n) is 18.3. The number of para-hydroxylation sites is 3. The van der Waals surface area contributed by atoms with E-state index in [9.17, 15) is 0 Å². The first-order chi connectivity index (χ1) is 26.1. The summed E-state index contributed by atoms with van der Waals surface area (Å²) in [6.07, 6.45) is 0. The maximum atomic E-state index is 5.43. The standard InChI is InChI=1S/C48H34N4Si/c1-53(2)44-27-14-11-24-37(44)46-47(53)45(49-48(50-46)31-16-5-3-6-17-31)32-18-15-21-34(28-32)52-41-26-13-10-23-36(41)39-29-42-38(30-43(39)52)35-22-9-12-25-40(35)51(42)33-19-7-4-8-20-33/h3-30H,1-2H3. The number of nitrogens with zero attached hydrogens (tertiary/aromatic N) is 4. The van der Waals surface area contributed by atoms with Gasteiger partial charge in [0.15, 0.2) is 5.82 Å². The monoisotopic (exact) mass is 694 g/mol. The van der Waals surface area contributed by atoms with E-state index in [0.29, 0.717) is 0 Å². The average Bonchev–Trinajstić information content (AvgIpc) is 3.80. The summed E-state index contributed by atoms with van der Waals surface area (Å²) in [6, 6.07) is 61.3. The summed E-state index contributed by atoms with van der Waals surface area (Å²) in [4.78, 5) is 10.7. The molecule has 250 valence electrons. The minimum absolute atomic E-state index is 0.764. The lowest BCUT2D eigenvalue weighted by Crippen LogP contribution is -2.50. The molecule has 3 aromatic heterocycles. The van der Waals surface area contributed by atoms with Crippen molar-refractivity contribution >= 4 is 62.1 Å². The van der Waals surface area contributed by atoms with Crippen molar-refractivity contribution in [3.05, 3.63) is 170 Å². The summed E-state index contributed by atoms with van der Waals surface area (Å²) in [5, 5.41) is 7.69. The second-order valence-electron chi connectivity index (χ2n) is 14.6. The van der Waals surface area contributed by atoms with Crippen LogP contribution in [0, 0.1) is 0 Å². The van der Waals surface area contributed by atoms with Crippen molar-refractivity contribution in [2.24, 2.45) is 0 Å². The Hall–Kier alpha value is -6.56. The van der Waals surface area contributed by atoms with Gasteiger partial charge in [-0.25, -0.2) is 9.97 Å². The molecule has 4 heterocycles. The lowest BCUT2D eigenvalue weighted by molar-refractivity contribution is 1.17. The van der Waals surface area contributed by atoms with Crippen LogP contribution in [0.25, 0.3) is 88.9 Å². The predicted molar refractivity (Wildman–Crippen MR) is 224 cm³/mol. The molecule has 5 heteroatoms. The minimum Gasteiger partial charge on any atom is -0.309 e. The number of aromatic nitrogens is 4. The molecule has 11 rings (SSSR count). The Labute approximate surface area is 308 Å². The van der Waals surface area contributed by atoms with Crippen LogP contribution in [0.4, 0.5) is 0 Å². The van der Waals surface area contributed by atoms with Crippen LogP contribution in [0.3, 0.4) is 0 Å². The summed E-state index contributed by atoms with van der Waals surface area (Å²) in [5.74, 6) is 0.764. The Morgan fingerprint density at radius 3 is 1.64 bits per heavy atom. The van der Waals surface area contributed by atoms with Gasteiger partial charge in [-0.2, -0.15) is 0 Å². The second-order valence-corrected chi connectivity index (χ2v) is 18.9. The van der Waals surface area contributed by atoms with Gasteiger partial charge in [0.25, 0.3) is 0 Å². The molecular formula is C48H34N4Si. The number of hydrogen-bond donors (Lipinski definition) is 0. The molecular weight excluding hydrogens is 661 g/mol. The molecule has 0 N–H and O–H groups in total. The highest BCUT2D eigenvalue weighted by atomic mass is 28.3. The van der Waals surface area contributed by atoms with Gasteiger partial charge in [0.05, 0.1) is 33.5 Å². The number of fused-ring (bicyclic) bond motifs is 9. The Morgan fingerprint density at radius 1 is 0.415 bits per heavy atom. The lowest BCUT2D eigenvalue weighted by Gasteiger charge is -2.22. The third-order valence-corrected chi connectivity index (χ3v) is 14.8. The van der Waals surface area contributed by atoms with Crippen LogP contribution in [0.5, 0.6) is 0 Å². The summed E-state index contributed by atoms with van der Waals surface area (Å²) >= 11 is 0. The fourth-order valence-electron chi connectivity index (χ4n) is 8.90. The van der Waals surface area contributed by atoms with Crippen molar-refractivity contribution in [2.75, 3.05) is 0 Å². The highest BCUT2D eigenvalue weighted by Crippen LogP contribution is 2.40. The van der Waals surface area contributed by atoms with Crippen molar-refractivity contribution < 1.29 is 0 Å². The number of benzene rings is 7. The van der Waals surface area contributed by atoms with Crippen molar-refractivity contribution in [3.63, 3.8) is 0 Å². The quantitative estimate of drug-likeness (QED) is 0.172. The molecule has 0 atom stereocenters. The topological polar surface area (TPSA) is 35.6 Å². The molecule has 0 radical (unpaired) electrons. The van der Waals surface area contributed by atoms with Crippen LogP contribution in [0.15, 0.2) is 170 Å². The zero-order valence-electron chi connectivity index (χ0n) is 29.5. The summed E-state index contributed by atoms with van der Waals surface area (Å²) in [7, 11) is -2.12. The Bertz CT molecular complexity index is 3080. The van der Waals surface area contributed by atoms with Crippen molar-refractivity contribution in [1.29, 1.82) is 0 Å². The van der Waals surface area contributed by atoms with Gasteiger partial charge < -0.3 is 9.13 Å². The Balaban J connectivity index is 1.18. The lowest BCUT2D eigenvalue weighted by atomic mass is 10.1. The van der Waals surface area contributed by atoms with Crippen molar-refractivity contribution in [3.8, 4) is 45.3 Å². The third-order valence-electron chi connectivity index (χ3n) is 11.3. The van der Waals surface area contributed by atoms with Crippen molar-refractivity contribution in [2.45, 2.75) is 13.1 Å². The summed E-state index contributed by atoms with van der Waals surface area (Å²) in [5.41, 5.74) is 12.6. The molecule has 7 aromatic carbocycles. The van der Waals surface area contributed by atoms with Crippen LogP contribution >= 0.6 is 0 Å². The molecule has 10 aromatic rings. The van der Waals surface area contributed by atoms with E-state index in [1.807, 2.05) is 6.07 Å². The first kappa shape index (κ1) is 30.1. The maximum Gasteiger partial charge on any atom is 0.160 e. The Kier molecular flexibility index (Phi) is 6.37. The molecule has 0 spiro atoms. The van der Waals surface area contributed by atoms with Gasteiger partial charge in [0.2, 0.25) is 0 Å². The SMILES string of the molecule is C[Si]1(C)c2ccccc2-c2nc(-c3ccccc3)nc(-c3cccc(-n4c5ccccc5c5cc6c(cc54)c4ccccc4n6-c4ccccc4)c3)c21. The molecule has 0 aliphatic carbocycles. The molecule has 53 heavy (non-hydrogen) atoms. The molecule has 0 saturated heterocycles. The fourth-order valence-corrected chi connectivity index (χ4v) is 12.1. The molecule has 0 bridgehead atoms. The van der Waals surface area contributed by atoms with Gasteiger partial charge in [-0.1, -0.05) is 134 Å². The predicted octanol–water partition coefficient (Wildman–Crippen LogP) is 10.8. The van der Waals surface area contributed by atoms with Crippen LogP contribution in [0.2, 0.25) is 13.1 Å². The minimum atomic E-state index is -2.12. The molecule has 0 unspecified atom stereocenters. The maximum absolute atomic E-state index is 5.43.